The molecule has 0 saturated carbocycles. The summed E-state index contributed by atoms with van der Waals surface area (Å²) in [6.45, 7) is 4.35. The highest BCUT2D eigenvalue weighted by Gasteiger charge is 2.44. The van der Waals surface area contributed by atoms with Crippen LogP contribution < -0.4 is 11.1 Å². The van der Waals surface area contributed by atoms with E-state index in [-0.39, 0.29) is 6.54 Å². The van der Waals surface area contributed by atoms with Crippen LogP contribution in [0.4, 0.5) is 0 Å². The van der Waals surface area contributed by atoms with Gasteiger partial charge in [0.25, 0.3) is 5.91 Å². The molecule has 0 aromatic heterocycles. The summed E-state index contributed by atoms with van der Waals surface area (Å²) in [4.78, 5) is 24.1. The van der Waals surface area contributed by atoms with Crippen molar-refractivity contribution in [3.8, 4) is 0 Å². The Morgan fingerprint density at radius 2 is 1.81 bits per heavy atom. The fourth-order valence-corrected chi connectivity index (χ4v) is 1.53. The summed E-state index contributed by atoms with van der Waals surface area (Å²) in [5.41, 5.74) is 3.67. The average molecular weight is 294 g/mol. The minimum absolute atomic E-state index is 0.210. The number of ether oxygens (including phenoxy) is 1. The number of aliphatic hydroxyl groups is 1. The van der Waals surface area contributed by atoms with E-state index in [1.165, 1.54) is 0 Å². The molecule has 0 spiro atoms. The lowest BCUT2D eigenvalue weighted by Gasteiger charge is -2.28. The monoisotopic (exact) mass is 294 g/mol. The summed E-state index contributed by atoms with van der Waals surface area (Å²) < 4.78 is 5.08. The molecule has 1 aromatic rings. The van der Waals surface area contributed by atoms with E-state index in [9.17, 15) is 14.7 Å². The Morgan fingerprint density at radius 3 is 2.29 bits per heavy atom. The standard InChI is InChI=1S/C15H22N2O4/c1-14(2,3)21-13(20)15(16,10-18)12(19)17-9-11-7-5-4-6-8-11/h4-8,18H,9-10,16H2,1-3H3,(H,17,19)/t15-/m1/s1. The number of carbonyl (C=O) groups is 2. The van der Waals surface area contributed by atoms with Crippen molar-refractivity contribution in [3.05, 3.63) is 35.9 Å². The van der Waals surface area contributed by atoms with Gasteiger partial charge >= 0.3 is 5.97 Å². The molecule has 0 aliphatic carbocycles. The Morgan fingerprint density at radius 1 is 1.24 bits per heavy atom. The van der Waals surface area contributed by atoms with Crippen molar-refractivity contribution in [1.82, 2.24) is 5.32 Å². The minimum atomic E-state index is -2.11. The van der Waals surface area contributed by atoms with Gasteiger partial charge in [-0.2, -0.15) is 0 Å². The van der Waals surface area contributed by atoms with Gasteiger partial charge in [-0.15, -0.1) is 0 Å². The number of hydrogen-bond donors (Lipinski definition) is 3. The number of aliphatic hydroxyl groups excluding tert-OH is 1. The molecule has 0 aliphatic heterocycles. The molecule has 0 unspecified atom stereocenters. The normalized spacial score (nSPS) is 14.1. The van der Waals surface area contributed by atoms with Gasteiger partial charge in [0, 0.05) is 6.54 Å². The molecule has 0 radical (unpaired) electrons. The van der Waals surface area contributed by atoms with Gasteiger partial charge in [-0.25, -0.2) is 4.79 Å². The van der Waals surface area contributed by atoms with Gasteiger partial charge in [-0.05, 0) is 26.3 Å². The molecule has 6 nitrogen and oxygen atoms in total. The van der Waals surface area contributed by atoms with E-state index in [0.717, 1.165) is 5.56 Å². The number of hydrogen-bond acceptors (Lipinski definition) is 5. The van der Waals surface area contributed by atoms with Gasteiger partial charge in [-0.3, -0.25) is 4.79 Å². The summed E-state index contributed by atoms with van der Waals surface area (Å²) >= 11 is 0. The summed E-state index contributed by atoms with van der Waals surface area (Å²) in [5, 5.41) is 11.9. The first kappa shape index (κ1) is 17.1. The van der Waals surface area contributed by atoms with E-state index in [0.29, 0.717) is 0 Å². The molecule has 0 aliphatic rings. The van der Waals surface area contributed by atoms with Crippen LogP contribution in [-0.2, 0) is 20.9 Å². The van der Waals surface area contributed by atoms with Crippen LogP contribution in [0.1, 0.15) is 26.3 Å². The molecular formula is C15H22N2O4. The summed E-state index contributed by atoms with van der Waals surface area (Å²) in [5.74, 6) is -1.73. The van der Waals surface area contributed by atoms with E-state index in [1.54, 1.807) is 20.8 Å². The topological polar surface area (TPSA) is 102 Å². The molecule has 6 heteroatoms. The van der Waals surface area contributed by atoms with Crippen LogP contribution in [-0.4, -0.2) is 34.7 Å². The maximum Gasteiger partial charge on any atom is 0.338 e. The molecule has 0 saturated heterocycles. The maximum absolute atomic E-state index is 12.1. The van der Waals surface area contributed by atoms with Crippen molar-refractivity contribution in [2.24, 2.45) is 5.73 Å². The van der Waals surface area contributed by atoms with Gasteiger partial charge in [-0.1, -0.05) is 30.3 Å². The molecule has 116 valence electrons. The lowest BCUT2D eigenvalue weighted by atomic mass is 10.0. The van der Waals surface area contributed by atoms with Crippen molar-refractivity contribution in [1.29, 1.82) is 0 Å². The number of carbonyl (C=O) groups excluding carboxylic acids is 2. The van der Waals surface area contributed by atoms with Crippen LogP contribution in [0.25, 0.3) is 0 Å². The second-order valence-electron chi connectivity index (χ2n) is 5.80. The van der Waals surface area contributed by atoms with Gasteiger partial charge in [0.2, 0.25) is 5.54 Å². The highest BCUT2D eigenvalue weighted by atomic mass is 16.6. The van der Waals surface area contributed by atoms with Crippen LogP contribution in [0.3, 0.4) is 0 Å². The van der Waals surface area contributed by atoms with E-state index in [4.69, 9.17) is 10.5 Å². The van der Waals surface area contributed by atoms with Crippen LogP contribution in [0.5, 0.6) is 0 Å². The summed E-state index contributed by atoms with van der Waals surface area (Å²) in [6, 6.07) is 9.16. The molecule has 1 amide bonds. The highest BCUT2D eigenvalue weighted by molar-refractivity contribution is 6.07. The third kappa shape index (κ3) is 4.84. The number of benzene rings is 1. The third-order valence-electron chi connectivity index (χ3n) is 2.71. The van der Waals surface area contributed by atoms with E-state index in [2.05, 4.69) is 5.32 Å². The van der Waals surface area contributed by atoms with Crippen molar-refractivity contribution in [3.63, 3.8) is 0 Å². The van der Waals surface area contributed by atoms with Crippen molar-refractivity contribution in [2.45, 2.75) is 38.5 Å². The molecule has 1 aromatic carbocycles. The summed E-state index contributed by atoms with van der Waals surface area (Å²) in [6.07, 6.45) is 0. The predicted molar refractivity (Wildman–Crippen MR) is 78.1 cm³/mol. The smallest absolute Gasteiger partial charge is 0.338 e. The van der Waals surface area contributed by atoms with Gasteiger partial charge in [0.05, 0.1) is 6.61 Å². The second-order valence-corrected chi connectivity index (χ2v) is 5.80. The van der Waals surface area contributed by atoms with E-state index < -0.39 is 29.6 Å². The Kier molecular flexibility index (Phi) is 5.46. The van der Waals surface area contributed by atoms with E-state index in [1.807, 2.05) is 30.3 Å². The number of esters is 1. The number of nitrogens with two attached hydrogens (primary N) is 1. The Labute approximate surface area is 124 Å². The molecule has 0 fully saturated rings. The molecule has 0 heterocycles. The molecule has 0 bridgehead atoms. The van der Waals surface area contributed by atoms with Crippen molar-refractivity contribution in [2.75, 3.05) is 6.61 Å². The quantitative estimate of drug-likeness (QED) is 0.537. The van der Waals surface area contributed by atoms with Crippen molar-refractivity contribution >= 4 is 11.9 Å². The average Bonchev–Trinajstić information content (AvgIpc) is 2.43. The van der Waals surface area contributed by atoms with E-state index >= 15 is 0 Å². The fourth-order valence-electron chi connectivity index (χ4n) is 1.53. The van der Waals surface area contributed by atoms with Gasteiger partial charge in [0.15, 0.2) is 0 Å². The largest absolute Gasteiger partial charge is 0.458 e. The van der Waals surface area contributed by atoms with Crippen LogP contribution >= 0.6 is 0 Å². The highest BCUT2D eigenvalue weighted by Crippen LogP contribution is 2.13. The van der Waals surface area contributed by atoms with Gasteiger partial charge < -0.3 is 20.9 Å². The first-order valence-corrected chi connectivity index (χ1v) is 6.64. The zero-order valence-corrected chi connectivity index (χ0v) is 12.6. The fraction of sp³-hybridized carbons (Fsp3) is 0.467. The molecule has 1 rings (SSSR count). The van der Waals surface area contributed by atoms with Crippen LogP contribution in [0.15, 0.2) is 30.3 Å². The van der Waals surface area contributed by atoms with Gasteiger partial charge in [0.1, 0.15) is 5.60 Å². The summed E-state index contributed by atoms with van der Waals surface area (Å²) in [7, 11) is 0. The first-order valence-electron chi connectivity index (χ1n) is 6.64. The number of rotatable bonds is 5. The third-order valence-corrected chi connectivity index (χ3v) is 2.71. The SMILES string of the molecule is CC(C)(C)OC(=O)[C@@](N)(CO)C(=O)NCc1ccccc1. The maximum atomic E-state index is 12.1. The first-order chi connectivity index (χ1) is 9.69. The lowest BCUT2D eigenvalue weighted by Crippen LogP contribution is -2.63. The Hall–Kier alpha value is -1.92. The Balaban J connectivity index is 2.73. The zero-order valence-electron chi connectivity index (χ0n) is 12.6. The van der Waals surface area contributed by atoms with Crippen molar-refractivity contribution < 1.29 is 19.4 Å². The number of amides is 1. The predicted octanol–water partition coefficient (Wildman–Crippen LogP) is 0.334. The minimum Gasteiger partial charge on any atom is -0.458 e. The zero-order chi connectivity index (χ0) is 16.1. The lowest BCUT2D eigenvalue weighted by molar-refractivity contribution is -0.166. The molecule has 21 heavy (non-hydrogen) atoms. The molecule has 1 atom stereocenters. The molecule has 4 N–H and O–H groups in total. The Bertz CT molecular complexity index is 496. The van der Waals surface area contributed by atoms with Crippen LogP contribution in [0.2, 0.25) is 0 Å². The second kappa shape index (κ2) is 6.69. The van der Waals surface area contributed by atoms with Crippen LogP contribution in [0, 0.1) is 0 Å². The number of nitrogens with one attached hydrogen (secondary N) is 1. The molecular weight excluding hydrogens is 272 g/mol.